The second-order valence-corrected chi connectivity index (χ2v) is 9.47. The molecule has 0 bridgehead atoms. The highest BCUT2D eigenvalue weighted by Crippen LogP contribution is 2.31. The molecule has 1 saturated heterocycles. The van der Waals surface area contributed by atoms with Gasteiger partial charge < -0.3 is 15.0 Å². The first-order chi connectivity index (χ1) is 16.1. The smallest absolute Gasteiger partial charge is 0.234 e. The number of para-hydroxylation sites is 1. The number of thioether (sulfide) groups is 1. The molecule has 2 aromatic heterocycles. The number of ether oxygens (including phenoxy) is 1. The van der Waals surface area contributed by atoms with Gasteiger partial charge in [0.05, 0.1) is 18.4 Å². The Hall–Kier alpha value is -2.81. The van der Waals surface area contributed by atoms with Gasteiger partial charge in [-0.2, -0.15) is 0 Å². The standard InChI is InChI=1S/C24H24ClN5O2S/c1-15-8-9-16(25)11-21(15)27-22(31)14-33-24-29-28-23(30(24)13-17-5-4-10-32-17)19-12-26-20-7-3-2-6-18(19)20/h2-3,6-9,11-12,17,26H,4-5,10,13-14H2,1H3,(H,27,31). The number of fused-ring (bicyclic) bond motifs is 1. The Morgan fingerprint density at radius 1 is 1.30 bits per heavy atom. The molecule has 3 heterocycles. The number of aromatic nitrogens is 4. The maximum atomic E-state index is 12.7. The summed E-state index contributed by atoms with van der Waals surface area (Å²) in [4.78, 5) is 16.0. The first-order valence-electron chi connectivity index (χ1n) is 10.9. The zero-order chi connectivity index (χ0) is 22.8. The Balaban J connectivity index is 1.38. The summed E-state index contributed by atoms with van der Waals surface area (Å²) in [5.74, 6) is 0.867. The molecule has 1 aliphatic rings. The van der Waals surface area contributed by atoms with Crippen LogP contribution in [0.1, 0.15) is 18.4 Å². The molecule has 1 aliphatic heterocycles. The lowest BCUT2D eigenvalue weighted by Crippen LogP contribution is -2.18. The van der Waals surface area contributed by atoms with E-state index in [1.54, 1.807) is 12.1 Å². The first-order valence-corrected chi connectivity index (χ1v) is 12.2. The van der Waals surface area contributed by atoms with E-state index in [9.17, 15) is 4.79 Å². The van der Waals surface area contributed by atoms with Crippen LogP contribution in [0.25, 0.3) is 22.3 Å². The summed E-state index contributed by atoms with van der Waals surface area (Å²) in [6, 6.07) is 13.6. The van der Waals surface area contributed by atoms with E-state index >= 15 is 0 Å². The second-order valence-electron chi connectivity index (χ2n) is 8.10. The molecular formula is C24H24ClN5O2S. The van der Waals surface area contributed by atoms with Gasteiger partial charge in [0.25, 0.3) is 0 Å². The van der Waals surface area contributed by atoms with Gasteiger partial charge in [0.1, 0.15) is 0 Å². The van der Waals surface area contributed by atoms with Gasteiger partial charge in [-0.3, -0.25) is 9.36 Å². The number of amides is 1. The zero-order valence-electron chi connectivity index (χ0n) is 18.2. The summed E-state index contributed by atoms with van der Waals surface area (Å²) in [5, 5.41) is 14.3. The third-order valence-corrected chi connectivity index (χ3v) is 6.97. The minimum absolute atomic E-state index is 0.118. The molecule has 170 valence electrons. The second kappa shape index (κ2) is 9.59. The number of halogens is 1. The van der Waals surface area contributed by atoms with Crippen LogP contribution in [0.15, 0.2) is 53.8 Å². The van der Waals surface area contributed by atoms with E-state index < -0.39 is 0 Å². The fourth-order valence-electron chi connectivity index (χ4n) is 4.05. The van der Waals surface area contributed by atoms with Crippen LogP contribution in [0.5, 0.6) is 0 Å². The van der Waals surface area contributed by atoms with Crippen LogP contribution < -0.4 is 5.32 Å². The highest BCUT2D eigenvalue weighted by atomic mass is 35.5. The lowest BCUT2D eigenvalue weighted by molar-refractivity contribution is -0.113. The largest absolute Gasteiger partial charge is 0.376 e. The molecule has 33 heavy (non-hydrogen) atoms. The van der Waals surface area contributed by atoms with Crippen molar-refractivity contribution in [1.82, 2.24) is 19.7 Å². The number of aromatic amines is 1. The van der Waals surface area contributed by atoms with E-state index in [0.717, 1.165) is 47.3 Å². The number of nitrogens with one attached hydrogen (secondary N) is 2. The molecule has 1 amide bonds. The molecule has 0 radical (unpaired) electrons. The number of aryl methyl sites for hydroxylation is 1. The molecule has 1 atom stereocenters. The van der Waals surface area contributed by atoms with Gasteiger partial charge >= 0.3 is 0 Å². The van der Waals surface area contributed by atoms with Crippen molar-refractivity contribution in [2.45, 2.75) is 37.6 Å². The molecule has 2 N–H and O–H groups in total. The summed E-state index contributed by atoms with van der Waals surface area (Å²) >= 11 is 7.45. The van der Waals surface area contributed by atoms with Crippen LogP contribution in [-0.2, 0) is 16.1 Å². The summed E-state index contributed by atoms with van der Waals surface area (Å²) < 4.78 is 7.96. The Bertz CT molecular complexity index is 1300. The molecule has 9 heteroatoms. The molecular weight excluding hydrogens is 458 g/mol. The van der Waals surface area contributed by atoms with Gasteiger partial charge in [0.2, 0.25) is 5.91 Å². The molecule has 2 aromatic carbocycles. The van der Waals surface area contributed by atoms with Crippen molar-refractivity contribution in [2.24, 2.45) is 0 Å². The summed E-state index contributed by atoms with van der Waals surface area (Å²) in [7, 11) is 0. The minimum Gasteiger partial charge on any atom is -0.376 e. The highest BCUT2D eigenvalue weighted by molar-refractivity contribution is 7.99. The van der Waals surface area contributed by atoms with E-state index in [1.165, 1.54) is 11.8 Å². The Labute approximate surface area is 200 Å². The molecule has 0 spiro atoms. The normalized spacial score (nSPS) is 15.9. The number of carbonyl (C=O) groups is 1. The molecule has 4 aromatic rings. The zero-order valence-corrected chi connectivity index (χ0v) is 19.7. The van der Waals surface area contributed by atoms with Crippen molar-refractivity contribution >= 4 is 45.9 Å². The third kappa shape index (κ3) is 4.78. The quantitative estimate of drug-likeness (QED) is 0.350. The lowest BCUT2D eigenvalue weighted by Gasteiger charge is -2.14. The van der Waals surface area contributed by atoms with Crippen molar-refractivity contribution in [1.29, 1.82) is 0 Å². The fraction of sp³-hybridized carbons (Fsp3) is 0.292. The number of nitrogens with zero attached hydrogens (tertiary/aromatic N) is 3. The van der Waals surface area contributed by atoms with Crippen molar-refractivity contribution in [3.05, 3.63) is 59.2 Å². The monoisotopic (exact) mass is 481 g/mol. The predicted molar refractivity (Wildman–Crippen MR) is 132 cm³/mol. The van der Waals surface area contributed by atoms with Gasteiger partial charge in [0, 0.05) is 40.0 Å². The van der Waals surface area contributed by atoms with Crippen molar-refractivity contribution in [3.8, 4) is 11.4 Å². The highest BCUT2D eigenvalue weighted by Gasteiger charge is 2.23. The van der Waals surface area contributed by atoms with E-state index in [1.807, 2.05) is 37.4 Å². The number of benzene rings is 2. The molecule has 1 fully saturated rings. The number of rotatable bonds is 7. The molecule has 1 unspecified atom stereocenters. The van der Waals surface area contributed by atoms with Gasteiger partial charge in [0.15, 0.2) is 11.0 Å². The number of hydrogen-bond donors (Lipinski definition) is 2. The van der Waals surface area contributed by atoms with E-state index in [2.05, 4.69) is 31.1 Å². The molecule has 7 nitrogen and oxygen atoms in total. The van der Waals surface area contributed by atoms with Crippen LogP contribution in [0.4, 0.5) is 5.69 Å². The van der Waals surface area contributed by atoms with Crippen molar-refractivity contribution in [3.63, 3.8) is 0 Å². The average Bonchev–Trinajstić information content (AvgIpc) is 3.55. The topological polar surface area (TPSA) is 84.8 Å². The van der Waals surface area contributed by atoms with E-state index in [0.29, 0.717) is 22.4 Å². The summed E-state index contributed by atoms with van der Waals surface area (Å²) in [5.41, 5.74) is 3.71. The van der Waals surface area contributed by atoms with E-state index in [-0.39, 0.29) is 17.8 Å². The van der Waals surface area contributed by atoms with Crippen molar-refractivity contribution < 1.29 is 9.53 Å². The van der Waals surface area contributed by atoms with Crippen LogP contribution in [0.3, 0.4) is 0 Å². The van der Waals surface area contributed by atoms with E-state index in [4.69, 9.17) is 16.3 Å². The average molecular weight is 482 g/mol. The Morgan fingerprint density at radius 2 is 2.18 bits per heavy atom. The predicted octanol–water partition coefficient (Wildman–Crippen LogP) is 5.30. The summed E-state index contributed by atoms with van der Waals surface area (Å²) in [6.45, 7) is 3.36. The minimum atomic E-state index is -0.120. The maximum absolute atomic E-state index is 12.7. The van der Waals surface area contributed by atoms with Crippen LogP contribution >= 0.6 is 23.4 Å². The van der Waals surface area contributed by atoms with Crippen LogP contribution in [-0.4, -0.2) is 44.1 Å². The number of carbonyl (C=O) groups excluding carboxylic acids is 1. The summed E-state index contributed by atoms with van der Waals surface area (Å²) in [6.07, 6.45) is 4.14. The van der Waals surface area contributed by atoms with Gasteiger partial charge in [-0.15, -0.1) is 10.2 Å². The number of anilines is 1. The number of hydrogen-bond acceptors (Lipinski definition) is 5. The third-order valence-electron chi connectivity index (χ3n) is 5.76. The lowest BCUT2D eigenvalue weighted by atomic mass is 10.1. The molecule has 0 saturated carbocycles. The Kier molecular flexibility index (Phi) is 6.39. The Morgan fingerprint density at radius 3 is 3.03 bits per heavy atom. The first kappa shape index (κ1) is 22.0. The van der Waals surface area contributed by atoms with Crippen LogP contribution in [0, 0.1) is 6.92 Å². The van der Waals surface area contributed by atoms with Crippen molar-refractivity contribution in [2.75, 3.05) is 17.7 Å². The number of H-pyrrole nitrogens is 1. The molecule has 0 aliphatic carbocycles. The maximum Gasteiger partial charge on any atom is 0.234 e. The van der Waals surface area contributed by atoms with Gasteiger partial charge in [-0.25, -0.2) is 0 Å². The van der Waals surface area contributed by atoms with Gasteiger partial charge in [-0.1, -0.05) is 47.6 Å². The van der Waals surface area contributed by atoms with Crippen LogP contribution in [0.2, 0.25) is 5.02 Å². The SMILES string of the molecule is Cc1ccc(Cl)cc1NC(=O)CSc1nnc(-c2c[nH]c3ccccc23)n1CC1CCCO1. The molecule has 5 rings (SSSR count). The van der Waals surface area contributed by atoms with Gasteiger partial charge in [-0.05, 0) is 43.5 Å². The fourth-order valence-corrected chi connectivity index (χ4v) is 4.97.